The van der Waals surface area contributed by atoms with Gasteiger partial charge in [0, 0.05) is 11.5 Å². The van der Waals surface area contributed by atoms with Gasteiger partial charge in [0.05, 0.1) is 0 Å². The second-order valence-corrected chi connectivity index (χ2v) is 14.2. The van der Waals surface area contributed by atoms with Crippen molar-refractivity contribution >= 4 is 15.6 Å². The largest absolute Gasteiger partial charge is 0.536 e. The normalized spacial score (nSPS) is 15.4. The molecule has 2 rings (SSSR count). The molecule has 0 aliphatic carbocycles. The minimum absolute atomic E-state index is 0.0147. The van der Waals surface area contributed by atoms with Crippen molar-refractivity contribution in [1.29, 1.82) is 0 Å². The first-order valence-electron chi connectivity index (χ1n) is 11.9. The number of hydrogen-bond acceptors (Lipinski definition) is 5. The van der Waals surface area contributed by atoms with Crippen LogP contribution in [0.4, 0.5) is 0 Å². The summed E-state index contributed by atoms with van der Waals surface area (Å²) in [5.74, 6) is 0.272. The van der Waals surface area contributed by atoms with Crippen molar-refractivity contribution in [2.45, 2.75) is 91.9 Å². The van der Waals surface area contributed by atoms with Crippen LogP contribution in [0.2, 0.25) is 0 Å². The minimum Gasteiger partial charge on any atom is -0.508 e. The molecule has 2 aromatic carbocycles. The van der Waals surface area contributed by atoms with Crippen LogP contribution in [-0.4, -0.2) is 19.8 Å². The lowest BCUT2D eigenvalue weighted by Gasteiger charge is -2.30. The van der Waals surface area contributed by atoms with Crippen LogP contribution in [0.3, 0.4) is 0 Å². The zero-order chi connectivity index (χ0) is 27.9. The van der Waals surface area contributed by atoms with Crippen LogP contribution in [0.1, 0.15) is 101 Å². The van der Waals surface area contributed by atoms with E-state index in [2.05, 4.69) is 38.1 Å². The van der Waals surface area contributed by atoms with E-state index in [1.54, 1.807) is 12.1 Å². The summed E-state index contributed by atoms with van der Waals surface area (Å²) in [4.78, 5) is 28.0. The Morgan fingerprint density at radius 2 is 1.31 bits per heavy atom. The Labute approximate surface area is 214 Å². The first-order valence-corrected chi connectivity index (χ1v) is 15.0. The Hall–Kier alpha value is -1.66. The van der Waals surface area contributed by atoms with Gasteiger partial charge in [-0.2, -0.15) is 4.31 Å². The third-order valence-electron chi connectivity index (χ3n) is 6.12. The van der Waals surface area contributed by atoms with Gasteiger partial charge < -0.3 is 19.4 Å². The molecule has 0 saturated carbocycles. The highest BCUT2D eigenvalue weighted by Crippen LogP contribution is 2.58. The number of phenolic OH excluding ortho intramolecular Hbond substituents is 1. The summed E-state index contributed by atoms with van der Waals surface area (Å²) in [5, 5.41) is 10.6. The smallest absolute Gasteiger partial charge is 0.508 e. The molecular formula is C26H40O8P2. The van der Waals surface area contributed by atoms with Gasteiger partial charge in [0.2, 0.25) is 0 Å². The summed E-state index contributed by atoms with van der Waals surface area (Å²) in [6.07, 6.45) is 1.74. The van der Waals surface area contributed by atoms with Gasteiger partial charge in [-0.1, -0.05) is 67.0 Å². The monoisotopic (exact) mass is 542 g/mol. The molecule has 2 unspecified atom stereocenters. The van der Waals surface area contributed by atoms with E-state index < -0.39 is 21.1 Å². The number of benzene rings is 2. The average molecular weight is 543 g/mol. The van der Waals surface area contributed by atoms with Gasteiger partial charge in [-0.15, -0.1) is 0 Å². The third-order valence-corrected chi connectivity index (χ3v) is 8.22. The van der Waals surface area contributed by atoms with Crippen LogP contribution >= 0.6 is 15.6 Å². The van der Waals surface area contributed by atoms with E-state index in [-0.39, 0.29) is 22.8 Å². The zero-order valence-electron chi connectivity index (χ0n) is 22.6. The summed E-state index contributed by atoms with van der Waals surface area (Å²) >= 11 is 0. The maximum Gasteiger partial charge on any atom is 0.536 e. The van der Waals surface area contributed by atoms with Crippen LogP contribution in [0.5, 0.6) is 11.5 Å². The lowest BCUT2D eigenvalue weighted by Crippen LogP contribution is -2.17. The number of aromatic hydroxyl groups is 1. The molecule has 0 bridgehead atoms. The molecule has 0 aliphatic heterocycles. The van der Waals surface area contributed by atoms with Crippen molar-refractivity contribution in [2.75, 3.05) is 0 Å². The topological polar surface area (TPSA) is 134 Å². The molecule has 202 valence electrons. The van der Waals surface area contributed by atoms with E-state index in [1.807, 2.05) is 40.7 Å². The molecule has 0 aliphatic rings. The molecule has 2 aromatic rings. The molecular weight excluding hydrogens is 502 g/mol. The number of aryl methyl sites for hydroxylation is 2. The fourth-order valence-corrected chi connectivity index (χ4v) is 6.07. The van der Waals surface area contributed by atoms with Crippen molar-refractivity contribution in [3.05, 3.63) is 57.6 Å². The summed E-state index contributed by atoms with van der Waals surface area (Å²) in [5.41, 5.74) is 4.52. The molecule has 0 saturated heterocycles. The molecule has 0 radical (unpaired) electrons. The van der Waals surface area contributed by atoms with Crippen LogP contribution in [-0.2, 0) is 24.3 Å². The molecule has 0 fully saturated rings. The molecule has 0 heterocycles. The molecule has 2 atom stereocenters. The Kier molecular flexibility index (Phi) is 9.00. The maximum absolute atomic E-state index is 12.3. The Bertz CT molecular complexity index is 1200. The Morgan fingerprint density at radius 3 is 1.75 bits per heavy atom. The van der Waals surface area contributed by atoms with E-state index in [0.29, 0.717) is 5.56 Å². The van der Waals surface area contributed by atoms with Crippen molar-refractivity contribution in [1.82, 2.24) is 0 Å². The second kappa shape index (κ2) is 10.6. The fraction of sp³-hybridized carbons (Fsp3) is 0.538. The minimum atomic E-state index is -5.25. The molecule has 8 nitrogen and oxygen atoms in total. The van der Waals surface area contributed by atoms with E-state index >= 15 is 0 Å². The first kappa shape index (κ1) is 30.6. The summed E-state index contributed by atoms with van der Waals surface area (Å²) < 4.78 is 32.7. The van der Waals surface area contributed by atoms with Gasteiger partial charge in [-0.05, 0) is 71.0 Å². The van der Waals surface area contributed by atoms with Gasteiger partial charge >= 0.3 is 15.6 Å². The van der Waals surface area contributed by atoms with E-state index in [0.717, 1.165) is 40.7 Å². The number of phenols is 1. The van der Waals surface area contributed by atoms with Gasteiger partial charge in [0.25, 0.3) is 0 Å². The van der Waals surface area contributed by atoms with Gasteiger partial charge in [-0.3, -0.25) is 4.89 Å². The number of hydrogen-bond donors (Lipinski definition) is 4. The maximum atomic E-state index is 12.3. The number of rotatable bonds is 8. The molecule has 36 heavy (non-hydrogen) atoms. The Morgan fingerprint density at radius 1 is 0.833 bits per heavy atom. The third kappa shape index (κ3) is 7.67. The summed E-state index contributed by atoms with van der Waals surface area (Å²) in [6.45, 7) is 17.9. The van der Waals surface area contributed by atoms with Gasteiger partial charge in [0.1, 0.15) is 11.5 Å². The fourth-order valence-electron chi connectivity index (χ4n) is 4.46. The standard InChI is InChI=1S/C26H40O8P2/c1-10-11-18(19-14-21(25(4,5)6)23(27)12-16(19)2)20-15-22(26(7,8)9)24(13-17(20)3)33-36(31,32)34-35(28,29)30/h12-15,18,27H,10-11H2,1-9H3,(H,31,32)(H2,28,29,30). The van der Waals surface area contributed by atoms with Crippen molar-refractivity contribution in [3.63, 3.8) is 0 Å². The highest BCUT2D eigenvalue weighted by molar-refractivity contribution is 7.60. The van der Waals surface area contributed by atoms with Crippen LogP contribution in [0.25, 0.3) is 0 Å². The van der Waals surface area contributed by atoms with Gasteiger partial charge in [0.15, 0.2) is 0 Å². The predicted octanol–water partition coefficient (Wildman–Crippen LogP) is 7.12. The highest BCUT2D eigenvalue weighted by Gasteiger charge is 2.36. The van der Waals surface area contributed by atoms with Crippen LogP contribution < -0.4 is 4.52 Å². The number of phosphoric acid groups is 2. The quantitative estimate of drug-likeness (QED) is 0.259. The summed E-state index contributed by atoms with van der Waals surface area (Å²) in [7, 11) is -10.3. The first-order chi connectivity index (χ1) is 16.2. The second-order valence-electron chi connectivity index (χ2n) is 11.4. The van der Waals surface area contributed by atoms with E-state index in [4.69, 9.17) is 14.3 Å². The van der Waals surface area contributed by atoms with Crippen molar-refractivity contribution in [2.24, 2.45) is 0 Å². The van der Waals surface area contributed by atoms with Crippen LogP contribution in [0, 0.1) is 13.8 Å². The van der Waals surface area contributed by atoms with E-state index in [1.165, 1.54) is 0 Å². The molecule has 0 amide bonds. The summed E-state index contributed by atoms with van der Waals surface area (Å²) in [6, 6.07) is 7.43. The SMILES string of the molecule is CCCC(c1cc(C(C)(C)C)c(O)cc1C)c1cc(C(C)(C)C)c(OP(=O)(O)OP(=O)(O)O)cc1C. The molecule has 10 heteroatoms. The average Bonchev–Trinajstić information content (AvgIpc) is 2.62. The lowest BCUT2D eigenvalue weighted by atomic mass is 9.76. The van der Waals surface area contributed by atoms with Crippen LogP contribution in [0.15, 0.2) is 24.3 Å². The Balaban J connectivity index is 2.75. The van der Waals surface area contributed by atoms with Crippen molar-refractivity contribution in [3.8, 4) is 11.5 Å². The van der Waals surface area contributed by atoms with E-state index in [9.17, 15) is 19.1 Å². The lowest BCUT2D eigenvalue weighted by molar-refractivity contribution is 0.228. The molecule has 0 spiro atoms. The van der Waals surface area contributed by atoms with Gasteiger partial charge in [-0.25, -0.2) is 9.13 Å². The zero-order valence-corrected chi connectivity index (χ0v) is 24.4. The molecule has 4 N–H and O–H groups in total. The van der Waals surface area contributed by atoms with Crippen molar-refractivity contribution < 1.29 is 37.8 Å². The molecule has 0 aromatic heterocycles. The number of phosphoric ester groups is 1. The predicted molar refractivity (Wildman–Crippen MR) is 142 cm³/mol. The highest BCUT2D eigenvalue weighted by atomic mass is 31.3.